The average molecular weight is 244 g/mol. The molecule has 0 aliphatic carbocycles. The lowest BCUT2D eigenvalue weighted by molar-refractivity contribution is 0.0789. The first-order valence-electron chi connectivity index (χ1n) is 5.00. The van der Waals surface area contributed by atoms with Crippen LogP contribution in [0.1, 0.15) is 16.8 Å². The first kappa shape index (κ1) is 11.2. The maximum atomic E-state index is 13.0. The van der Waals surface area contributed by atoms with Gasteiger partial charge in [0.15, 0.2) is 0 Å². The highest BCUT2D eigenvalue weighted by Gasteiger charge is 2.27. The van der Waals surface area contributed by atoms with Gasteiger partial charge in [-0.15, -0.1) is 11.6 Å². The Morgan fingerprint density at radius 1 is 1.56 bits per heavy atom. The van der Waals surface area contributed by atoms with E-state index < -0.39 is 5.82 Å². The number of alkyl halides is 1. The molecule has 1 aliphatic rings. The smallest absolute Gasteiger partial charge is 0.257 e. The summed E-state index contributed by atoms with van der Waals surface area (Å²) in [5, 5.41) is 9.43. The highest BCUT2D eigenvalue weighted by atomic mass is 35.5. The van der Waals surface area contributed by atoms with Gasteiger partial charge < -0.3 is 10.0 Å². The Bertz CT molecular complexity index is 424. The molecule has 1 atom stereocenters. The van der Waals surface area contributed by atoms with Gasteiger partial charge in [-0.05, 0) is 24.6 Å². The fourth-order valence-corrected chi connectivity index (χ4v) is 2.02. The van der Waals surface area contributed by atoms with Crippen molar-refractivity contribution in [3.63, 3.8) is 0 Å². The van der Waals surface area contributed by atoms with Crippen LogP contribution >= 0.6 is 11.6 Å². The van der Waals surface area contributed by atoms with Gasteiger partial charge in [0.25, 0.3) is 5.91 Å². The molecule has 1 saturated heterocycles. The van der Waals surface area contributed by atoms with Crippen molar-refractivity contribution in [3.8, 4) is 5.75 Å². The molecular weight excluding hydrogens is 233 g/mol. The lowest BCUT2D eigenvalue weighted by Crippen LogP contribution is -2.28. The molecule has 1 aromatic rings. The van der Waals surface area contributed by atoms with Crippen LogP contribution < -0.4 is 0 Å². The fraction of sp³-hybridized carbons (Fsp3) is 0.364. The normalized spacial score (nSPS) is 20.1. The Kier molecular flexibility index (Phi) is 3.01. The Morgan fingerprint density at radius 2 is 2.31 bits per heavy atom. The summed E-state index contributed by atoms with van der Waals surface area (Å²) in [6.45, 7) is 0.985. The van der Waals surface area contributed by atoms with Gasteiger partial charge in [-0.3, -0.25) is 4.79 Å². The molecule has 3 nitrogen and oxygen atoms in total. The number of benzene rings is 1. The van der Waals surface area contributed by atoms with E-state index in [4.69, 9.17) is 11.6 Å². The van der Waals surface area contributed by atoms with Crippen LogP contribution in [-0.4, -0.2) is 34.4 Å². The van der Waals surface area contributed by atoms with E-state index in [2.05, 4.69) is 0 Å². The summed E-state index contributed by atoms with van der Waals surface area (Å²) in [6, 6.07) is 3.33. The van der Waals surface area contributed by atoms with Gasteiger partial charge in [-0.2, -0.15) is 0 Å². The zero-order valence-corrected chi connectivity index (χ0v) is 9.25. The molecule has 1 amide bonds. The molecule has 1 unspecified atom stereocenters. The van der Waals surface area contributed by atoms with Crippen molar-refractivity contribution in [2.45, 2.75) is 11.8 Å². The number of carbonyl (C=O) groups is 1. The summed E-state index contributed by atoms with van der Waals surface area (Å²) >= 11 is 5.88. The van der Waals surface area contributed by atoms with Gasteiger partial charge in [0.1, 0.15) is 11.6 Å². The second kappa shape index (κ2) is 4.29. The largest absolute Gasteiger partial charge is 0.507 e. The monoisotopic (exact) mass is 243 g/mol. The number of hydrogen-bond acceptors (Lipinski definition) is 2. The molecule has 86 valence electrons. The molecule has 1 heterocycles. The minimum Gasteiger partial charge on any atom is -0.507 e. The lowest BCUT2D eigenvalue weighted by Gasteiger charge is -2.16. The molecule has 0 spiro atoms. The van der Waals surface area contributed by atoms with Crippen LogP contribution in [0.2, 0.25) is 0 Å². The van der Waals surface area contributed by atoms with Crippen LogP contribution in [0.3, 0.4) is 0 Å². The zero-order valence-electron chi connectivity index (χ0n) is 8.49. The van der Waals surface area contributed by atoms with Crippen molar-refractivity contribution in [2.24, 2.45) is 0 Å². The third-order valence-electron chi connectivity index (χ3n) is 2.61. The summed E-state index contributed by atoms with van der Waals surface area (Å²) in [5.41, 5.74) is -0.00855. The Labute approximate surface area is 97.4 Å². The molecule has 5 heteroatoms. The van der Waals surface area contributed by atoms with Gasteiger partial charge in [0, 0.05) is 13.1 Å². The standard InChI is InChI=1S/C11H11ClFNO2/c12-7-3-4-14(6-7)11(16)9-5-8(13)1-2-10(9)15/h1-2,5,7,15H,3-4,6H2. The van der Waals surface area contributed by atoms with Crippen LogP contribution in [0.4, 0.5) is 4.39 Å². The Morgan fingerprint density at radius 3 is 2.94 bits per heavy atom. The third-order valence-corrected chi connectivity index (χ3v) is 2.96. The summed E-state index contributed by atoms with van der Waals surface area (Å²) in [7, 11) is 0. The first-order chi connectivity index (χ1) is 7.58. The van der Waals surface area contributed by atoms with Crippen molar-refractivity contribution in [1.82, 2.24) is 4.90 Å². The number of carbonyl (C=O) groups excluding carboxylic acids is 1. The highest BCUT2D eigenvalue weighted by molar-refractivity contribution is 6.21. The predicted molar refractivity (Wildman–Crippen MR) is 58.2 cm³/mol. The van der Waals surface area contributed by atoms with Gasteiger partial charge in [-0.1, -0.05) is 0 Å². The van der Waals surface area contributed by atoms with E-state index in [1.54, 1.807) is 0 Å². The fourth-order valence-electron chi connectivity index (χ4n) is 1.75. The second-order valence-electron chi connectivity index (χ2n) is 3.80. The molecule has 0 radical (unpaired) electrons. The van der Waals surface area contributed by atoms with E-state index in [1.807, 2.05) is 0 Å². The number of nitrogens with zero attached hydrogens (tertiary/aromatic N) is 1. The predicted octanol–water partition coefficient (Wildman–Crippen LogP) is 1.98. The first-order valence-corrected chi connectivity index (χ1v) is 5.43. The third kappa shape index (κ3) is 2.11. The van der Waals surface area contributed by atoms with Gasteiger partial charge in [-0.25, -0.2) is 4.39 Å². The Hall–Kier alpha value is -1.29. The number of phenols is 1. The van der Waals surface area contributed by atoms with Gasteiger partial charge >= 0.3 is 0 Å². The zero-order chi connectivity index (χ0) is 11.7. The summed E-state index contributed by atoms with van der Waals surface area (Å²) in [4.78, 5) is 13.4. The molecule has 16 heavy (non-hydrogen) atoms. The number of halogens is 2. The van der Waals surface area contributed by atoms with E-state index in [0.717, 1.165) is 18.6 Å². The molecule has 0 bridgehead atoms. The van der Waals surface area contributed by atoms with Crippen LogP contribution in [0.15, 0.2) is 18.2 Å². The van der Waals surface area contributed by atoms with E-state index in [1.165, 1.54) is 11.0 Å². The Balaban J connectivity index is 2.23. The summed E-state index contributed by atoms with van der Waals surface area (Å²) in [5.74, 6) is -1.12. The van der Waals surface area contributed by atoms with Gasteiger partial charge in [0.05, 0.1) is 10.9 Å². The topological polar surface area (TPSA) is 40.5 Å². The molecule has 1 aliphatic heterocycles. The SMILES string of the molecule is O=C(c1cc(F)ccc1O)N1CCC(Cl)C1. The van der Waals surface area contributed by atoms with E-state index >= 15 is 0 Å². The molecule has 1 N–H and O–H groups in total. The average Bonchev–Trinajstić information content (AvgIpc) is 2.67. The number of hydrogen-bond donors (Lipinski definition) is 1. The second-order valence-corrected chi connectivity index (χ2v) is 4.42. The molecule has 2 rings (SSSR count). The van der Waals surface area contributed by atoms with E-state index in [0.29, 0.717) is 13.1 Å². The maximum Gasteiger partial charge on any atom is 0.257 e. The molecule has 0 saturated carbocycles. The van der Waals surface area contributed by atoms with Crippen LogP contribution in [0.5, 0.6) is 5.75 Å². The van der Waals surface area contributed by atoms with E-state index in [9.17, 15) is 14.3 Å². The lowest BCUT2D eigenvalue weighted by atomic mass is 10.1. The maximum absolute atomic E-state index is 13.0. The minimum atomic E-state index is -0.539. The van der Waals surface area contributed by atoms with Crippen LogP contribution in [0.25, 0.3) is 0 Å². The number of rotatable bonds is 1. The summed E-state index contributed by atoms with van der Waals surface area (Å²) in [6.07, 6.45) is 0.726. The molecule has 1 fully saturated rings. The molecule has 0 aromatic heterocycles. The van der Waals surface area contributed by atoms with Crippen molar-refractivity contribution >= 4 is 17.5 Å². The number of phenolic OH excluding ortho intramolecular Hbond substituents is 1. The van der Waals surface area contributed by atoms with Crippen molar-refractivity contribution < 1.29 is 14.3 Å². The minimum absolute atomic E-state index is 0.00855. The quantitative estimate of drug-likeness (QED) is 0.767. The van der Waals surface area contributed by atoms with Crippen molar-refractivity contribution in [2.75, 3.05) is 13.1 Å². The van der Waals surface area contributed by atoms with Crippen molar-refractivity contribution in [1.29, 1.82) is 0 Å². The molecule has 1 aromatic carbocycles. The summed E-state index contributed by atoms with van der Waals surface area (Å²) < 4.78 is 13.0. The number of aromatic hydroxyl groups is 1. The molecular formula is C11H11ClFNO2. The van der Waals surface area contributed by atoms with E-state index in [-0.39, 0.29) is 22.6 Å². The number of likely N-dealkylation sites (tertiary alicyclic amines) is 1. The van der Waals surface area contributed by atoms with Crippen LogP contribution in [0, 0.1) is 5.82 Å². The van der Waals surface area contributed by atoms with Crippen LogP contribution in [-0.2, 0) is 0 Å². The van der Waals surface area contributed by atoms with Crippen molar-refractivity contribution in [3.05, 3.63) is 29.6 Å². The highest BCUT2D eigenvalue weighted by Crippen LogP contribution is 2.23. The number of amides is 1. The van der Waals surface area contributed by atoms with Gasteiger partial charge in [0.2, 0.25) is 0 Å².